The van der Waals surface area contributed by atoms with Gasteiger partial charge in [0.15, 0.2) is 0 Å². The molecule has 2 heterocycles. The first-order chi connectivity index (χ1) is 14.4. The first-order valence-electron chi connectivity index (χ1n) is 10.2. The van der Waals surface area contributed by atoms with E-state index in [1.807, 2.05) is 23.5 Å². The summed E-state index contributed by atoms with van der Waals surface area (Å²) in [5.41, 5.74) is 3.93. The summed E-state index contributed by atoms with van der Waals surface area (Å²) < 4.78 is 0. The Morgan fingerprint density at radius 2 is 1.41 bits per heavy atom. The lowest BCUT2D eigenvalue weighted by Gasteiger charge is -2.14. The van der Waals surface area contributed by atoms with E-state index in [2.05, 4.69) is 59.2 Å². The van der Waals surface area contributed by atoms with Gasteiger partial charge in [0.1, 0.15) is 10.6 Å². The average Bonchev–Trinajstić information content (AvgIpc) is 3.16. The molecule has 0 saturated heterocycles. The molecule has 0 fully saturated rings. The third-order valence-electron chi connectivity index (χ3n) is 5.41. The molecule has 0 bridgehead atoms. The number of fused-ring (bicyclic) bond motifs is 3. The Bertz CT molecular complexity index is 1110. The average molecular weight is 401 g/mol. The molecule has 2 aromatic heterocycles. The van der Waals surface area contributed by atoms with Gasteiger partial charge in [-0.2, -0.15) is 4.98 Å². The minimum absolute atomic E-state index is 0.690. The summed E-state index contributed by atoms with van der Waals surface area (Å²) in [4.78, 5) is 12.3. The van der Waals surface area contributed by atoms with Crippen molar-refractivity contribution in [3.8, 4) is 0 Å². The van der Waals surface area contributed by atoms with E-state index in [1.165, 1.54) is 46.2 Å². The van der Waals surface area contributed by atoms with Crippen LogP contribution in [0.2, 0.25) is 0 Å². The molecule has 0 unspecified atom stereocenters. The lowest BCUT2D eigenvalue weighted by Crippen LogP contribution is -2.08. The van der Waals surface area contributed by atoms with Gasteiger partial charge in [-0.25, -0.2) is 4.98 Å². The number of benzene rings is 2. The van der Waals surface area contributed by atoms with Crippen molar-refractivity contribution in [2.24, 2.45) is 0 Å². The van der Waals surface area contributed by atoms with E-state index in [-0.39, 0.29) is 0 Å². The van der Waals surface area contributed by atoms with Crippen LogP contribution in [0.25, 0.3) is 10.2 Å². The summed E-state index contributed by atoms with van der Waals surface area (Å²) in [6.45, 7) is 1.48. The van der Waals surface area contributed by atoms with Crippen molar-refractivity contribution in [3.05, 3.63) is 82.2 Å². The van der Waals surface area contributed by atoms with Crippen molar-refractivity contribution >= 4 is 33.3 Å². The fourth-order valence-corrected chi connectivity index (χ4v) is 5.18. The number of nitrogens with one attached hydrogen (secondary N) is 2. The van der Waals surface area contributed by atoms with Gasteiger partial charge in [-0.3, -0.25) is 0 Å². The maximum absolute atomic E-state index is 4.88. The SMILES string of the molecule is c1ccc(CNc2nc(NCc3ccccc3)c3c4c(sc3n2)CCCC4)cc1. The van der Waals surface area contributed by atoms with Crippen molar-refractivity contribution < 1.29 is 0 Å². The predicted molar refractivity (Wildman–Crippen MR) is 122 cm³/mol. The largest absolute Gasteiger partial charge is 0.365 e. The molecule has 0 aliphatic heterocycles. The Labute approximate surface area is 175 Å². The van der Waals surface area contributed by atoms with Gasteiger partial charge in [0, 0.05) is 18.0 Å². The van der Waals surface area contributed by atoms with Crippen LogP contribution in [0.1, 0.15) is 34.4 Å². The zero-order valence-corrected chi connectivity index (χ0v) is 17.1. The third-order valence-corrected chi connectivity index (χ3v) is 6.60. The van der Waals surface area contributed by atoms with Crippen LogP contribution in [-0.2, 0) is 25.9 Å². The minimum Gasteiger partial charge on any atom is -0.365 e. The molecular formula is C24H24N4S. The maximum atomic E-state index is 4.88. The number of hydrogen-bond acceptors (Lipinski definition) is 5. The van der Waals surface area contributed by atoms with Crippen molar-refractivity contribution in [3.63, 3.8) is 0 Å². The fraction of sp³-hybridized carbons (Fsp3) is 0.250. The molecule has 146 valence electrons. The standard InChI is InChI=1S/C24H24N4S/c1-3-9-17(10-4-1)15-25-22-21-19-13-7-8-14-20(19)29-23(21)28-24(27-22)26-16-18-11-5-2-6-12-18/h1-6,9-12H,7-8,13-16H2,(H2,25,26,27,28). The van der Waals surface area contributed by atoms with Gasteiger partial charge in [0.25, 0.3) is 0 Å². The molecule has 0 amide bonds. The number of hydrogen-bond donors (Lipinski definition) is 2. The van der Waals surface area contributed by atoms with Crippen LogP contribution in [0, 0.1) is 0 Å². The van der Waals surface area contributed by atoms with Crippen LogP contribution in [-0.4, -0.2) is 9.97 Å². The number of thiophene rings is 1. The molecule has 1 aliphatic carbocycles. The summed E-state index contributed by atoms with van der Waals surface area (Å²) in [7, 11) is 0. The molecule has 5 heteroatoms. The quantitative estimate of drug-likeness (QED) is 0.430. The summed E-state index contributed by atoms with van der Waals surface area (Å²) in [5.74, 6) is 1.64. The topological polar surface area (TPSA) is 49.8 Å². The van der Waals surface area contributed by atoms with Crippen LogP contribution in [0.15, 0.2) is 60.7 Å². The Morgan fingerprint density at radius 1 is 0.759 bits per heavy atom. The van der Waals surface area contributed by atoms with Crippen molar-refractivity contribution in [1.29, 1.82) is 0 Å². The zero-order chi connectivity index (χ0) is 19.5. The number of aromatic nitrogens is 2. The molecular weight excluding hydrogens is 376 g/mol. The highest BCUT2D eigenvalue weighted by molar-refractivity contribution is 7.19. The van der Waals surface area contributed by atoms with Gasteiger partial charge in [-0.05, 0) is 42.4 Å². The second-order valence-corrected chi connectivity index (χ2v) is 8.55. The highest BCUT2D eigenvalue weighted by atomic mass is 32.1. The first-order valence-corrected chi connectivity index (χ1v) is 11.1. The molecule has 1 aliphatic rings. The van der Waals surface area contributed by atoms with Crippen LogP contribution in [0.4, 0.5) is 11.8 Å². The van der Waals surface area contributed by atoms with Crippen LogP contribution in [0.5, 0.6) is 0 Å². The Hall–Kier alpha value is -2.92. The molecule has 4 aromatic rings. The van der Waals surface area contributed by atoms with E-state index in [1.54, 1.807) is 0 Å². The van der Waals surface area contributed by atoms with E-state index in [9.17, 15) is 0 Å². The maximum Gasteiger partial charge on any atom is 0.226 e. The lowest BCUT2D eigenvalue weighted by atomic mass is 9.97. The molecule has 29 heavy (non-hydrogen) atoms. The second kappa shape index (κ2) is 8.21. The van der Waals surface area contributed by atoms with E-state index < -0.39 is 0 Å². The lowest BCUT2D eigenvalue weighted by molar-refractivity contribution is 0.700. The molecule has 0 atom stereocenters. The van der Waals surface area contributed by atoms with Crippen LogP contribution < -0.4 is 10.6 Å². The van der Waals surface area contributed by atoms with E-state index in [0.29, 0.717) is 5.95 Å². The van der Waals surface area contributed by atoms with Crippen LogP contribution in [0.3, 0.4) is 0 Å². The molecule has 2 N–H and O–H groups in total. The minimum atomic E-state index is 0.690. The van der Waals surface area contributed by atoms with E-state index in [0.717, 1.165) is 30.2 Å². The number of nitrogens with zero attached hydrogens (tertiary/aromatic N) is 2. The molecule has 0 spiro atoms. The van der Waals surface area contributed by atoms with Crippen LogP contribution >= 0.6 is 11.3 Å². The second-order valence-electron chi connectivity index (χ2n) is 7.47. The van der Waals surface area contributed by atoms with E-state index in [4.69, 9.17) is 9.97 Å². The molecule has 0 saturated carbocycles. The molecule has 4 nitrogen and oxygen atoms in total. The highest BCUT2D eigenvalue weighted by Crippen LogP contribution is 2.39. The molecule has 0 radical (unpaired) electrons. The highest BCUT2D eigenvalue weighted by Gasteiger charge is 2.21. The normalized spacial score (nSPS) is 13.2. The fourth-order valence-electron chi connectivity index (χ4n) is 3.92. The molecule has 2 aromatic carbocycles. The van der Waals surface area contributed by atoms with Gasteiger partial charge < -0.3 is 10.6 Å². The molecule has 5 rings (SSSR count). The number of anilines is 2. The monoisotopic (exact) mass is 400 g/mol. The zero-order valence-electron chi connectivity index (χ0n) is 16.3. The summed E-state index contributed by atoms with van der Waals surface area (Å²) in [5, 5.41) is 8.24. The summed E-state index contributed by atoms with van der Waals surface area (Å²) in [6.07, 6.45) is 4.83. The Morgan fingerprint density at radius 3 is 2.14 bits per heavy atom. The third kappa shape index (κ3) is 3.96. The Kier molecular flexibility index (Phi) is 5.13. The summed E-state index contributed by atoms with van der Waals surface area (Å²) >= 11 is 1.84. The van der Waals surface area contributed by atoms with Crippen molar-refractivity contribution in [2.75, 3.05) is 10.6 Å². The Balaban J connectivity index is 1.48. The smallest absolute Gasteiger partial charge is 0.226 e. The van der Waals surface area contributed by atoms with Gasteiger partial charge >= 0.3 is 0 Å². The van der Waals surface area contributed by atoms with Gasteiger partial charge in [-0.1, -0.05) is 60.7 Å². The van der Waals surface area contributed by atoms with Crippen molar-refractivity contribution in [1.82, 2.24) is 9.97 Å². The number of rotatable bonds is 6. The first kappa shape index (κ1) is 18.1. The summed E-state index contributed by atoms with van der Waals surface area (Å²) in [6, 6.07) is 20.9. The van der Waals surface area contributed by atoms with Gasteiger partial charge in [-0.15, -0.1) is 11.3 Å². The van der Waals surface area contributed by atoms with Gasteiger partial charge in [0.05, 0.1) is 5.39 Å². The van der Waals surface area contributed by atoms with Crippen molar-refractivity contribution in [2.45, 2.75) is 38.8 Å². The van der Waals surface area contributed by atoms with E-state index >= 15 is 0 Å². The van der Waals surface area contributed by atoms with Gasteiger partial charge in [0.2, 0.25) is 5.95 Å². The predicted octanol–water partition coefficient (Wildman–Crippen LogP) is 5.79. The number of aryl methyl sites for hydroxylation is 2.